The van der Waals surface area contributed by atoms with Gasteiger partial charge in [-0.2, -0.15) is 0 Å². The second-order valence-corrected chi connectivity index (χ2v) is 4.73. The van der Waals surface area contributed by atoms with Gasteiger partial charge in [0, 0.05) is 5.92 Å². The summed E-state index contributed by atoms with van der Waals surface area (Å²) >= 11 is 0. The molecule has 0 aromatic heterocycles. The smallest absolute Gasteiger partial charge is 0.223 e. The van der Waals surface area contributed by atoms with E-state index < -0.39 is 0 Å². The van der Waals surface area contributed by atoms with Crippen LogP contribution in [0, 0.1) is 17.8 Å². The Morgan fingerprint density at radius 1 is 1.40 bits per heavy atom. The van der Waals surface area contributed by atoms with E-state index in [4.69, 9.17) is 4.74 Å². The van der Waals surface area contributed by atoms with E-state index in [9.17, 15) is 4.79 Å². The van der Waals surface area contributed by atoms with Crippen molar-refractivity contribution in [2.24, 2.45) is 5.92 Å². The molecule has 0 unspecified atom stereocenters. The molecule has 0 radical (unpaired) electrons. The average molecular weight is 269 g/mol. The summed E-state index contributed by atoms with van der Waals surface area (Å²) in [5.74, 6) is 6.99. The molecule has 20 heavy (non-hydrogen) atoms. The summed E-state index contributed by atoms with van der Waals surface area (Å²) in [5, 5.41) is 2.79. The van der Waals surface area contributed by atoms with Crippen LogP contribution in [0.25, 0.3) is 0 Å². The van der Waals surface area contributed by atoms with Gasteiger partial charge in [0.1, 0.15) is 12.4 Å². The average Bonchev–Trinajstić information content (AvgIpc) is 3.29. The maximum atomic E-state index is 11.4. The highest BCUT2D eigenvalue weighted by Gasteiger charge is 2.28. The third-order valence-electron chi connectivity index (χ3n) is 3.06. The molecule has 2 rings (SSSR count). The van der Waals surface area contributed by atoms with Gasteiger partial charge in [-0.1, -0.05) is 36.1 Å². The van der Waals surface area contributed by atoms with Crippen molar-refractivity contribution in [1.82, 2.24) is 5.32 Å². The van der Waals surface area contributed by atoms with E-state index in [1.807, 2.05) is 30.3 Å². The van der Waals surface area contributed by atoms with Crippen LogP contribution < -0.4 is 10.1 Å². The molecule has 1 amide bonds. The molecule has 3 nitrogen and oxygen atoms in total. The summed E-state index contributed by atoms with van der Waals surface area (Å²) in [4.78, 5) is 11.4. The summed E-state index contributed by atoms with van der Waals surface area (Å²) in [6, 6.07) is 7.85. The summed E-state index contributed by atoms with van der Waals surface area (Å²) in [6.45, 7) is 4.45. The van der Waals surface area contributed by atoms with Crippen LogP contribution >= 0.6 is 0 Å². The molecule has 1 aromatic rings. The molecule has 1 aliphatic carbocycles. The van der Waals surface area contributed by atoms with Crippen molar-refractivity contribution in [3.05, 3.63) is 42.5 Å². The van der Waals surface area contributed by atoms with Gasteiger partial charge in [-0.05, 0) is 30.9 Å². The van der Waals surface area contributed by atoms with Crippen LogP contribution in [-0.2, 0) is 11.2 Å². The number of hydrogen-bond donors (Lipinski definition) is 1. The highest BCUT2D eigenvalue weighted by Crippen LogP contribution is 2.28. The summed E-state index contributed by atoms with van der Waals surface area (Å²) in [5.41, 5.74) is 1.10. The van der Waals surface area contributed by atoms with Crippen molar-refractivity contribution in [3.63, 3.8) is 0 Å². The van der Waals surface area contributed by atoms with Gasteiger partial charge >= 0.3 is 0 Å². The molecule has 0 bridgehead atoms. The van der Waals surface area contributed by atoms with Crippen LogP contribution in [0.2, 0.25) is 0 Å². The molecule has 1 fully saturated rings. The lowest BCUT2D eigenvalue weighted by molar-refractivity contribution is -0.122. The van der Waals surface area contributed by atoms with Crippen molar-refractivity contribution in [1.29, 1.82) is 0 Å². The molecule has 1 aromatic carbocycles. The lowest BCUT2D eigenvalue weighted by Crippen LogP contribution is -2.24. The minimum atomic E-state index is 0.122. The largest absolute Gasteiger partial charge is 0.481 e. The quantitative estimate of drug-likeness (QED) is 0.636. The fraction of sp³-hybridized carbons (Fsp3) is 0.353. The summed E-state index contributed by atoms with van der Waals surface area (Å²) in [7, 11) is 0. The van der Waals surface area contributed by atoms with Gasteiger partial charge in [0.2, 0.25) is 5.91 Å². The highest BCUT2D eigenvalue weighted by molar-refractivity contribution is 5.81. The van der Waals surface area contributed by atoms with Crippen molar-refractivity contribution >= 4 is 5.91 Å². The van der Waals surface area contributed by atoms with E-state index in [1.165, 1.54) is 0 Å². The van der Waals surface area contributed by atoms with Gasteiger partial charge in [-0.15, -0.1) is 6.58 Å². The van der Waals surface area contributed by atoms with Crippen LogP contribution in [0.15, 0.2) is 36.9 Å². The molecule has 0 heterocycles. The first kappa shape index (κ1) is 14.2. The number of para-hydroxylation sites is 1. The van der Waals surface area contributed by atoms with Crippen LogP contribution in [0.3, 0.4) is 0 Å². The Morgan fingerprint density at radius 2 is 2.20 bits per heavy atom. The zero-order valence-electron chi connectivity index (χ0n) is 11.5. The molecule has 0 aliphatic heterocycles. The summed E-state index contributed by atoms with van der Waals surface area (Å²) in [6.07, 6.45) is 4.66. The van der Waals surface area contributed by atoms with Gasteiger partial charge in [-0.25, -0.2) is 0 Å². The van der Waals surface area contributed by atoms with E-state index in [2.05, 4.69) is 23.7 Å². The van der Waals surface area contributed by atoms with Crippen molar-refractivity contribution in [2.75, 3.05) is 13.2 Å². The number of benzene rings is 1. The van der Waals surface area contributed by atoms with Gasteiger partial charge in [0.25, 0.3) is 0 Å². The number of amides is 1. The fourth-order valence-corrected chi connectivity index (χ4v) is 1.82. The maximum absolute atomic E-state index is 11.4. The number of rotatable bonds is 6. The second kappa shape index (κ2) is 7.40. The van der Waals surface area contributed by atoms with E-state index in [1.54, 1.807) is 0 Å². The molecule has 0 atom stereocenters. The predicted molar refractivity (Wildman–Crippen MR) is 79.3 cm³/mol. The van der Waals surface area contributed by atoms with Crippen LogP contribution in [0.5, 0.6) is 5.75 Å². The van der Waals surface area contributed by atoms with Crippen molar-refractivity contribution in [3.8, 4) is 17.6 Å². The number of carbonyl (C=O) groups excluding carboxylic acids is 1. The predicted octanol–water partition coefficient (Wildman–Crippen LogP) is 2.32. The first-order chi connectivity index (χ1) is 9.81. The molecule has 0 saturated heterocycles. The Hall–Kier alpha value is -2.21. The number of hydrogen-bond acceptors (Lipinski definition) is 2. The number of ether oxygens (including phenoxy) is 1. The number of nitrogens with one attached hydrogen (secondary N) is 1. The second-order valence-electron chi connectivity index (χ2n) is 4.73. The first-order valence-electron chi connectivity index (χ1n) is 6.86. The minimum Gasteiger partial charge on any atom is -0.481 e. The molecule has 1 N–H and O–H groups in total. The lowest BCUT2D eigenvalue weighted by Gasteiger charge is -2.07. The highest BCUT2D eigenvalue weighted by atomic mass is 16.5. The molecular formula is C17H19NO2. The Bertz CT molecular complexity index is 535. The van der Waals surface area contributed by atoms with E-state index in [-0.39, 0.29) is 11.8 Å². The number of carbonyl (C=O) groups is 1. The zero-order valence-corrected chi connectivity index (χ0v) is 11.5. The monoisotopic (exact) mass is 269 g/mol. The van der Waals surface area contributed by atoms with Gasteiger partial charge in [0.05, 0.1) is 6.54 Å². The fourth-order valence-electron chi connectivity index (χ4n) is 1.82. The molecular weight excluding hydrogens is 250 g/mol. The molecule has 0 spiro atoms. The van der Waals surface area contributed by atoms with Crippen LogP contribution in [0.1, 0.15) is 18.4 Å². The molecule has 104 valence electrons. The third-order valence-corrected chi connectivity index (χ3v) is 3.06. The minimum absolute atomic E-state index is 0.122. The summed E-state index contributed by atoms with van der Waals surface area (Å²) < 4.78 is 5.62. The van der Waals surface area contributed by atoms with Crippen LogP contribution in [0.4, 0.5) is 0 Å². The Labute approximate surface area is 120 Å². The van der Waals surface area contributed by atoms with E-state index in [0.29, 0.717) is 13.2 Å². The Kier molecular flexibility index (Phi) is 5.25. The van der Waals surface area contributed by atoms with Gasteiger partial charge in [-0.3, -0.25) is 4.79 Å². The molecule has 3 heteroatoms. The number of allylic oxidation sites excluding steroid dienone is 1. The standard InChI is InChI=1S/C17H19NO2/c1-2-7-14-8-3-4-9-16(14)20-13-6-5-12-18-17(19)15-10-11-15/h2-4,8-9,15H,1,7,10-13H2,(H,18,19). The van der Waals surface area contributed by atoms with Crippen LogP contribution in [-0.4, -0.2) is 19.1 Å². The topological polar surface area (TPSA) is 38.3 Å². The van der Waals surface area contributed by atoms with Crippen molar-refractivity contribution < 1.29 is 9.53 Å². The molecule has 1 aliphatic rings. The normalized spacial score (nSPS) is 13.0. The third kappa shape index (κ3) is 4.47. The molecule has 1 saturated carbocycles. The van der Waals surface area contributed by atoms with Gasteiger partial charge < -0.3 is 10.1 Å². The SMILES string of the molecule is C=CCc1ccccc1OCC#CCNC(=O)C1CC1. The Morgan fingerprint density at radius 3 is 2.95 bits per heavy atom. The van der Waals surface area contributed by atoms with E-state index >= 15 is 0 Å². The maximum Gasteiger partial charge on any atom is 0.223 e. The van der Waals surface area contributed by atoms with E-state index in [0.717, 1.165) is 30.6 Å². The van der Waals surface area contributed by atoms with Crippen molar-refractivity contribution in [2.45, 2.75) is 19.3 Å². The zero-order chi connectivity index (χ0) is 14.2. The Balaban J connectivity index is 1.72. The van der Waals surface area contributed by atoms with Gasteiger partial charge in [0.15, 0.2) is 0 Å². The first-order valence-corrected chi connectivity index (χ1v) is 6.86. The lowest BCUT2D eigenvalue weighted by atomic mass is 10.1.